The average molecular weight is 352 g/mol. The van der Waals surface area contributed by atoms with Crippen molar-refractivity contribution in [3.63, 3.8) is 0 Å². The van der Waals surface area contributed by atoms with Crippen LogP contribution in [0.2, 0.25) is 0 Å². The van der Waals surface area contributed by atoms with E-state index >= 15 is 0 Å². The summed E-state index contributed by atoms with van der Waals surface area (Å²) in [6.07, 6.45) is 0. The second kappa shape index (κ2) is 6.49. The van der Waals surface area contributed by atoms with Crippen LogP contribution in [0.3, 0.4) is 0 Å². The number of para-hydroxylation sites is 1. The number of hydrogen-bond acceptors (Lipinski definition) is 4. The summed E-state index contributed by atoms with van der Waals surface area (Å²) < 4.78 is 11.3. The first-order valence-corrected chi connectivity index (χ1v) is 8.69. The van der Waals surface area contributed by atoms with Gasteiger partial charge in [0.2, 0.25) is 0 Å². The van der Waals surface area contributed by atoms with E-state index in [0.717, 1.165) is 21.2 Å². The molecule has 5 nitrogen and oxygen atoms in total. The molecule has 6 heteroatoms. The Labute approximate surface area is 148 Å². The molecule has 2 aromatic carbocycles. The molecule has 0 atom stereocenters. The van der Waals surface area contributed by atoms with Gasteiger partial charge >= 0.3 is 6.03 Å². The van der Waals surface area contributed by atoms with Crippen molar-refractivity contribution in [2.45, 2.75) is 6.54 Å². The number of benzene rings is 2. The van der Waals surface area contributed by atoms with Crippen molar-refractivity contribution in [1.82, 2.24) is 5.32 Å². The van der Waals surface area contributed by atoms with Gasteiger partial charge in [0, 0.05) is 21.7 Å². The Morgan fingerprint density at radius 2 is 2.00 bits per heavy atom. The van der Waals surface area contributed by atoms with Crippen LogP contribution in [0.15, 0.2) is 58.3 Å². The predicted octanol–water partition coefficient (Wildman–Crippen LogP) is 4.98. The normalized spacial score (nSPS) is 10.9. The molecule has 4 rings (SSSR count). The highest BCUT2D eigenvalue weighted by molar-refractivity contribution is 7.09. The van der Waals surface area contributed by atoms with Crippen molar-refractivity contribution in [1.29, 1.82) is 0 Å². The number of nitrogens with one attached hydrogen (secondary N) is 2. The third-order valence-corrected chi connectivity index (χ3v) is 4.83. The highest BCUT2D eigenvalue weighted by Gasteiger charge is 2.14. The third-order valence-electron chi connectivity index (χ3n) is 3.95. The Hall–Kier alpha value is -2.99. The minimum atomic E-state index is -0.290. The summed E-state index contributed by atoms with van der Waals surface area (Å²) in [6.45, 7) is 0.485. The molecule has 2 heterocycles. The Morgan fingerprint density at radius 1 is 1.12 bits per heavy atom. The van der Waals surface area contributed by atoms with E-state index in [1.807, 2.05) is 47.8 Å². The van der Waals surface area contributed by atoms with Crippen molar-refractivity contribution in [2.24, 2.45) is 0 Å². The lowest BCUT2D eigenvalue weighted by atomic mass is 10.1. The van der Waals surface area contributed by atoms with Crippen LogP contribution in [-0.4, -0.2) is 13.1 Å². The molecule has 0 aliphatic carbocycles. The molecule has 0 radical (unpaired) electrons. The van der Waals surface area contributed by atoms with Crippen LogP contribution in [0.5, 0.6) is 5.75 Å². The standard InChI is InChI=1S/C19H16N2O3S/c1-23-18-9-14-13-6-2-3-7-16(13)24-17(14)10-15(18)21-19(22)20-11-12-5-4-8-25-12/h2-10H,11H2,1H3,(H2,20,21,22). The molecule has 0 saturated heterocycles. The van der Waals surface area contributed by atoms with Crippen molar-refractivity contribution in [3.8, 4) is 5.75 Å². The maximum Gasteiger partial charge on any atom is 0.319 e. The second-order valence-corrected chi connectivity index (χ2v) is 6.57. The topological polar surface area (TPSA) is 63.5 Å². The monoisotopic (exact) mass is 352 g/mol. The van der Waals surface area contributed by atoms with Gasteiger partial charge in [-0.1, -0.05) is 24.3 Å². The van der Waals surface area contributed by atoms with E-state index in [1.165, 1.54) is 0 Å². The van der Waals surface area contributed by atoms with Gasteiger partial charge in [-0.25, -0.2) is 4.79 Å². The molecule has 0 bridgehead atoms. The predicted molar refractivity (Wildman–Crippen MR) is 100 cm³/mol. The SMILES string of the molecule is COc1cc2c(cc1NC(=O)NCc1cccs1)oc1ccccc12. The number of urea groups is 1. The number of anilines is 1. The number of ether oxygens (including phenoxy) is 1. The molecular formula is C19H16N2O3S. The molecule has 126 valence electrons. The zero-order valence-electron chi connectivity index (χ0n) is 13.5. The molecule has 2 N–H and O–H groups in total. The summed E-state index contributed by atoms with van der Waals surface area (Å²) in [4.78, 5) is 13.3. The first kappa shape index (κ1) is 15.5. The summed E-state index contributed by atoms with van der Waals surface area (Å²) in [5.74, 6) is 0.588. The molecule has 0 unspecified atom stereocenters. The summed E-state index contributed by atoms with van der Waals surface area (Å²) in [5, 5.41) is 9.62. The summed E-state index contributed by atoms with van der Waals surface area (Å²) in [6, 6.07) is 15.1. The van der Waals surface area contributed by atoms with Gasteiger partial charge < -0.3 is 19.8 Å². The lowest BCUT2D eigenvalue weighted by Crippen LogP contribution is -2.28. The van der Waals surface area contributed by atoms with Crippen molar-refractivity contribution in [3.05, 3.63) is 58.8 Å². The van der Waals surface area contributed by atoms with Gasteiger partial charge in [-0.3, -0.25) is 0 Å². The van der Waals surface area contributed by atoms with Gasteiger partial charge in [0.1, 0.15) is 16.9 Å². The third kappa shape index (κ3) is 3.04. The number of furan rings is 1. The fraction of sp³-hybridized carbons (Fsp3) is 0.105. The fourth-order valence-electron chi connectivity index (χ4n) is 2.77. The second-order valence-electron chi connectivity index (χ2n) is 5.53. The highest BCUT2D eigenvalue weighted by atomic mass is 32.1. The van der Waals surface area contributed by atoms with E-state index in [2.05, 4.69) is 10.6 Å². The lowest BCUT2D eigenvalue weighted by molar-refractivity contribution is 0.251. The minimum Gasteiger partial charge on any atom is -0.495 e. The van der Waals surface area contributed by atoms with Gasteiger partial charge in [-0.05, 0) is 23.6 Å². The Kier molecular flexibility index (Phi) is 4.03. The average Bonchev–Trinajstić information content (AvgIpc) is 3.26. The van der Waals surface area contributed by atoms with Crippen LogP contribution in [0.25, 0.3) is 21.9 Å². The van der Waals surface area contributed by atoms with Crippen LogP contribution in [-0.2, 0) is 6.54 Å². The quantitative estimate of drug-likeness (QED) is 0.544. The van der Waals surface area contributed by atoms with Crippen molar-refractivity contribution in [2.75, 3.05) is 12.4 Å². The molecule has 25 heavy (non-hydrogen) atoms. The molecule has 2 amide bonds. The van der Waals surface area contributed by atoms with E-state index in [1.54, 1.807) is 24.5 Å². The Balaban J connectivity index is 1.61. The Morgan fingerprint density at radius 3 is 2.80 bits per heavy atom. The number of methoxy groups -OCH3 is 1. The number of hydrogen-bond donors (Lipinski definition) is 2. The van der Waals surface area contributed by atoms with E-state index in [4.69, 9.17) is 9.15 Å². The zero-order valence-corrected chi connectivity index (χ0v) is 14.4. The Bertz CT molecular complexity index is 1040. The van der Waals surface area contributed by atoms with Crippen LogP contribution < -0.4 is 15.4 Å². The summed E-state index contributed by atoms with van der Waals surface area (Å²) in [7, 11) is 1.58. The van der Waals surface area contributed by atoms with E-state index in [0.29, 0.717) is 23.6 Å². The highest BCUT2D eigenvalue weighted by Crippen LogP contribution is 2.36. The van der Waals surface area contributed by atoms with Crippen molar-refractivity contribution < 1.29 is 13.9 Å². The molecule has 0 saturated carbocycles. The first-order chi connectivity index (χ1) is 12.2. The molecule has 0 aliphatic heterocycles. The van der Waals surface area contributed by atoms with Crippen LogP contribution in [0, 0.1) is 0 Å². The molecule has 4 aromatic rings. The lowest BCUT2D eigenvalue weighted by Gasteiger charge is -2.11. The number of thiophene rings is 1. The van der Waals surface area contributed by atoms with Gasteiger partial charge in [0.25, 0.3) is 0 Å². The summed E-state index contributed by atoms with van der Waals surface area (Å²) in [5.41, 5.74) is 2.08. The number of carbonyl (C=O) groups excluding carboxylic acids is 1. The zero-order chi connectivity index (χ0) is 17.2. The van der Waals surface area contributed by atoms with Crippen LogP contribution in [0.4, 0.5) is 10.5 Å². The smallest absolute Gasteiger partial charge is 0.319 e. The molecule has 0 aliphatic rings. The van der Waals surface area contributed by atoms with Gasteiger partial charge in [0.05, 0.1) is 19.3 Å². The molecule has 2 aromatic heterocycles. The van der Waals surface area contributed by atoms with Crippen LogP contribution in [0.1, 0.15) is 4.88 Å². The van der Waals surface area contributed by atoms with Gasteiger partial charge in [0.15, 0.2) is 0 Å². The number of amides is 2. The maximum absolute atomic E-state index is 12.2. The fourth-order valence-corrected chi connectivity index (χ4v) is 3.41. The molecule has 0 spiro atoms. The van der Waals surface area contributed by atoms with Gasteiger partial charge in [-0.15, -0.1) is 11.3 Å². The van der Waals surface area contributed by atoms with E-state index in [9.17, 15) is 4.79 Å². The van der Waals surface area contributed by atoms with E-state index < -0.39 is 0 Å². The number of fused-ring (bicyclic) bond motifs is 3. The van der Waals surface area contributed by atoms with Crippen LogP contribution >= 0.6 is 11.3 Å². The molecular weight excluding hydrogens is 336 g/mol. The van der Waals surface area contributed by atoms with E-state index in [-0.39, 0.29) is 6.03 Å². The van der Waals surface area contributed by atoms with Gasteiger partial charge in [-0.2, -0.15) is 0 Å². The number of carbonyl (C=O) groups is 1. The maximum atomic E-state index is 12.2. The first-order valence-electron chi connectivity index (χ1n) is 7.81. The largest absolute Gasteiger partial charge is 0.495 e. The molecule has 0 fully saturated rings. The summed E-state index contributed by atoms with van der Waals surface area (Å²) >= 11 is 1.60. The van der Waals surface area contributed by atoms with Crippen molar-refractivity contribution >= 4 is 45.0 Å². The minimum absolute atomic E-state index is 0.290. The number of rotatable bonds is 4.